The van der Waals surface area contributed by atoms with Crippen LogP contribution in [0, 0.1) is 17.1 Å². The molecule has 0 aromatic heterocycles. The highest BCUT2D eigenvalue weighted by molar-refractivity contribution is 5.47. The van der Waals surface area contributed by atoms with Gasteiger partial charge in [0.15, 0.2) is 0 Å². The van der Waals surface area contributed by atoms with Crippen LogP contribution in [0.15, 0.2) is 60.7 Å². The van der Waals surface area contributed by atoms with Crippen LogP contribution in [-0.4, -0.2) is 6.36 Å². The molecule has 0 aliphatic carbocycles. The predicted molar refractivity (Wildman–Crippen MR) is 129 cm³/mol. The van der Waals surface area contributed by atoms with E-state index in [0.29, 0.717) is 27.8 Å². The quantitative estimate of drug-likeness (QED) is 0.301. The minimum atomic E-state index is -4.87. The number of alkyl halides is 3. The zero-order valence-electron chi connectivity index (χ0n) is 20.3. The van der Waals surface area contributed by atoms with Gasteiger partial charge < -0.3 is 4.74 Å². The van der Waals surface area contributed by atoms with Gasteiger partial charge in [-0.25, -0.2) is 4.39 Å². The van der Waals surface area contributed by atoms with Gasteiger partial charge >= 0.3 is 6.36 Å². The van der Waals surface area contributed by atoms with E-state index in [2.05, 4.69) is 10.8 Å². The maximum atomic E-state index is 15.0. The van der Waals surface area contributed by atoms with E-state index >= 15 is 4.39 Å². The third-order valence-electron chi connectivity index (χ3n) is 6.27. The van der Waals surface area contributed by atoms with Gasteiger partial charge in [0.2, 0.25) is 0 Å². The molecule has 2 nitrogen and oxygen atoms in total. The van der Waals surface area contributed by atoms with Gasteiger partial charge in [-0.1, -0.05) is 82.3 Å². The first-order valence-electron chi connectivity index (χ1n) is 11.7. The fourth-order valence-electron chi connectivity index (χ4n) is 4.51. The molecule has 0 saturated heterocycles. The molecular formula is C29H29F4NO. The summed E-state index contributed by atoms with van der Waals surface area (Å²) in [4.78, 5) is 0. The second-order valence-corrected chi connectivity index (χ2v) is 9.27. The lowest BCUT2D eigenvalue weighted by Gasteiger charge is -2.23. The van der Waals surface area contributed by atoms with E-state index in [1.165, 1.54) is 0 Å². The van der Waals surface area contributed by atoms with Gasteiger partial charge in [0.05, 0.1) is 11.6 Å². The van der Waals surface area contributed by atoms with E-state index in [1.807, 2.05) is 26.8 Å². The maximum Gasteiger partial charge on any atom is 0.573 e. The smallest absolute Gasteiger partial charge is 0.405 e. The summed E-state index contributed by atoms with van der Waals surface area (Å²) in [5.74, 6) is -1.20. The molecule has 0 amide bonds. The number of hydrogen-bond donors (Lipinski definition) is 0. The van der Waals surface area contributed by atoms with Gasteiger partial charge in [-0.15, -0.1) is 13.2 Å². The fourth-order valence-corrected chi connectivity index (χ4v) is 4.51. The lowest BCUT2D eigenvalue weighted by atomic mass is 9.86. The average Bonchev–Trinajstić information content (AvgIpc) is 2.80. The van der Waals surface area contributed by atoms with Crippen LogP contribution in [0.1, 0.15) is 78.8 Å². The number of hydrogen-bond acceptors (Lipinski definition) is 2. The molecule has 0 saturated carbocycles. The number of nitrogens with zero attached hydrogens (tertiary/aromatic N) is 1. The molecule has 0 bridgehead atoms. The third kappa shape index (κ3) is 6.42. The molecule has 2 atom stereocenters. The molecule has 2 unspecified atom stereocenters. The van der Waals surface area contributed by atoms with Crippen LogP contribution in [0.3, 0.4) is 0 Å². The zero-order valence-corrected chi connectivity index (χ0v) is 20.3. The minimum absolute atomic E-state index is 0.00418. The molecule has 0 radical (unpaired) electrons. The van der Waals surface area contributed by atoms with Crippen LogP contribution in [-0.2, 0) is 12.8 Å². The minimum Gasteiger partial charge on any atom is -0.405 e. The molecule has 0 aliphatic heterocycles. The van der Waals surface area contributed by atoms with Crippen molar-refractivity contribution in [3.05, 3.63) is 99.9 Å². The molecule has 3 aromatic carbocycles. The monoisotopic (exact) mass is 483 g/mol. The SMILES string of the molecule is CC(C)c1cccc(CC(C)c2cccc(CC(C)c3ccccc3C#N)c2OC(F)(F)F)c1F. The molecule has 0 heterocycles. The first-order chi connectivity index (χ1) is 16.5. The number of para-hydroxylation sites is 1. The lowest BCUT2D eigenvalue weighted by Crippen LogP contribution is -2.20. The summed E-state index contributed by atoms with van der Waals surface area (Å²) in [6, 6.07) is 19.3. The van der Waals surface area contributed by atoms with E-state index in [4.69, 9.17) is 0 Å². The average molecular weight is 484 g/mol. The molecule has 0 fully saturated rings. The van der Waals surface area contributed by atoms with Crippen molar-refractivity contribution in [2.75, 3.05) is 0 Å². The largest absolute Gasteiger partial charge is 0.573 e. The van der Waals surface area contributed by atoms with E-state index in [9.17, 15) is 18.4 Å². The summed E-state index contributed by atoms with van der Waals surface area (Å²) in [6.07, 6.45) is -4.39. The first-order valence-corrected chi connectivity index (χ1v) is 11.7. The van der Waals surface area contributed by atoms with Crippen LogP contribution >= 0.6 is 0 Å². The summed E-state index contributed by atoms with van der Waals surface area (Å²) in [7, 11) is 0. The molecule has 184 valence electrons. The Morgan fingerprint density at radius 1 is 0.771 bits per heavy atom. The van der Waals surface area contributed by atoms with Crippen LogP contribution in [0.25, 0.3) is 0 Å². The summed E-state index contributed by atoms with van der Waals surface area (Å²) >= 11 is 0. The van der Waals surface area contributed by atoms with Gasteiger partial charge in [0.25, 0.3) is 0 Å². The molecule has 0 spiro atoms. The lowest BCUT2D eigenvalue weighted by molar-refractivity contribution is -0.275. The first kappa shape index (κ1) is 26.3. The van der Waals surface area contributed by atoms with Crippen LogP contribution < -0.4 is 4.74 Å². The van der Waals surface area contributed by atoms with Crippen molar-refractivity contribution in [2.45, 2.75) is 64.7 Å². The van der Waals surface area contributed by atoms with Gasteiger partial charge in [0, 0.05) is 0 Å². The number of rotatable bonds is 8. The summed E-state index contributed by atoms with van der Waals surface area (Å²) in [6.45, 7) is 7.45. The highest BCUT2D eigenvalue weighted by atomic mass is 19.4. The highest BCUT2D eigenvalue weighted by Crippen LogP contribution is 2.39. The van der Waals surface area contributed by atoms with Crippen molar-refractivity contribution in [3.8, 4) is 11.8 Å². The van der Waals surface area contributed by atoms with Crippen LogP contribution in [0.2, 0.25) is 0 Å². The van der Waals surface area contributed by atoms with Crippen molar-refractivity contribution in [3.63, 3.8) is 0 Å². The van der Waals surface area contributed by atoms with Crippen molar-refractivity contribution < 1.29 is 22.3 Å². The normalized spacial score (nSPS) is 13.4. The molecule has 0 N–H and O–H groups in total. The van der Waals surface area contributed by atoms with Gasteiger partial charge in [-0.05, 0) is 64.5 Å². The Kier molecular flexibility index (Phi) is 8.22. The second kappa shape index (κ2) is 10.9. The van der Waals surface area contributed by atoms with Crippen molar-refractivity contribution >= 4 is 0 Å². The van der Waals surface area contributed by atoms with Gasteiger partial charge in [-0.2, -0.15) is 5.26 Å². The number of halogens is 4. The van der Waals surface area contributed by atoms with Gasteiger partial charge in [-0.3, -0.25) is 0 Å². The Balaban J connectivity index is 1.99. The third-order valence-corrected chi connectivity index (χ3v) is 6.27. The predicted octanol–water partition coefficient (Wildman–Crippen LogP) is 8.41. The fraction of sp³-hybridized carbons (Fsp3) is 0.345. The summed E-state index contributed by atoms with van der Waals surface area (Å²) in [5, 5.41) is 9.42. The molecule has 0 aliphatic rings. The van der Waals surface area contributed by atoms with Crippen LogP contribution in [0.5, 0.6) is 5.75 Å². The Morgan fingerprint density at radius 3 is 1.94 bits per heavy atom. The standard InChI is InChI=1S/C29H29F4NO/c1-18(2)24-13-7-10-21(27(24)30)15-20(4)26-14-8-11-22(28(26)35-29(31,32)33)16-19(3)25-12-6-5-9-23(25)17-34/h5-14,18-20H,15-16H2,1-4H3. The molecule has 6 heteroatoms. The van der Waals surface area contributed by atoms with Gasteiger partial charge in [0.1, 0.15) is 11.6 Å². The van der Waals surface area contributed by atoms with E-state index in [1.54, 1.807) is 61.5 Å². The zero-order chi connectivity index (χ0) is 25.8. The van der Waals surface area contributed by atoms with E-state index in [0.717, 1.165) is 5.56 Å². The topological polar surface area (TPSA) is 33.0 Å². The molecule has 3 aromatic rings. The molecular weight excluding hydrogens is 454 g/mol. The van der Waals surface area contributed by atoms with Crippen molar-refractivity contribution in [1.82, 2.24) is 0 Å². The van der Waals surface area contributed by atoms with E-state index < -0.39 is 12.3 Å². The van der Waals surface area contributed by atoms with Crippen molar-refractivity contribution in [2.24, 2.45) is 0 Å². The second-order valence-electron chi connectivity index (χ2n) is 9.27. The number of benzene rings is 3. The highest BCUT2D eigenvalue weighted by Gasteiger charge is 2.34. The maximum absolute atomic E-state index is 15.0. The Bertz CT molecular complexity index is 1210. The summed E-state index contributed by atoms with van der Waals surface area (Å²) < 4.78 is 59.9. The Morgan fingerprint density at radius 2 is 1.31 bits per heavy atom. The number of nitriles is 1. The van der Waals surface area contributed by atoms with Crippen LogP contribution in [0.4, 0.5) is 17.6 Å². The molecule has 35 heavy (non-hydrogen) atoms. The Hall–Kier alpha value is -3.33. The van der Waals surface area contributed by atoms with Crippen molar-refractivity contribution in [1.29, 1.82) is 5.26 Å². The molecule has 3 rings (SSSR count). The van der Waals surface area contributed by atoms with E-state index in [-0.39, 0.29) is 36.2 Å². The Labute approximate surface area is 204 Å². The summed E-state index contributed by atoms with van der Waals surface area (Å²) in [5.41, 5.74) is 3.06. The number of ether oxygens (including phenoxy) is 1.